The molecule has 0 radical (unpaired) electrons. The van der Waals surface area contributed by atoms with E-state index >= 15 is 0 Å². The van der Waals surface area contributed by atoms with E-state index in [2.05, 4.69) is 20.7 Å². The molecule has 4 nitrogen and oxygen atoms in total. The van der Waals surface area contributed by atoms with Gasteiger partial charge in [-0.05, 0) is 41.4 Å². The molecule has 0 saturated heterocycles. The Bertz CT molecular complexity index is 417. The van der Waals surface area contributed by atoms with Gasteiger partial charge in [0.25, 0.3) is 0 Å². The Labute approximate surface area is 108 Å². The van der Waals surface area contributed by atoms with E-state index in [0.717, 1.165) is 15.8 Å². The Balaban J connectivity index is 2.36. The van der Waals surface area contributed by atoms with Gasteiger partial charge in [0.15, 0.2) is 0 Å². The number of rotatable bonds is 7. The predicted octanol–water partition coefficient (Wildman–Crippen LogP) is 1.67. The zero-order chi connectivity index (χ0) is 12.0. The molecule has 0 atom stereocenters. The first-order chi connectivity index (χ1) is 7.53. The molecule has 92 valence electrons. The molecule has 0 aliphatic carbocycles. The van der Waals surface area contributed by atoms with Crippen LogP contribution in [0.1, 0.15) is 17.7 Å². The molecule has 7 heteroatoms. The van der Waals surface area contributed by atoms with Crippen LogP contribution in [-0.4, -0.2) is 20.7 Å². The van der Waals surface area contributed by atoms with E-state index in [9.17, 15) is 8.42 Å². The van der Waals surface area contributed by atoms with Gasteiger partial charge in [0.1, 0.15) is 0 Å². The van der Waals surface area contributed by atoms with Crippen molar-refractivity contribution in [3.63, 3.8) is 0 Å². The largest absolute Gasteiger partial charge is 0.330 e. The van der Waals surface area contributed by atoms with Gasteiger partial charge < -0.3 is 5.73 Å². The molecule has 3 N–H and O–H groups in total. The minimum absolute atomic E-state index is 0.150. The number of sulfonamides is 1. The standard InChI is InChI=1S/C9H15BrN2O2S2/c10-8-5-9(15-7-8)6-12-16(13,14)4-2-1-3-11/h5,7,12H,1-4,6,11H2. The number of halogens is 1. The van der Waals surface area contributed by atoms with Crippen LogP contribution in [0.2, 0.25) is 0 Å². The molecule has 1 aromatic heterocycles. The number of nitrogens with two attached hydrogens (primary N) is 1. The van der Waals surface area contributed by atoms with E-state index in [4.69, 9.17) is 5.73 Å². The van der Waals surface area contributed by atoms with Crippen LogP contribution in [0.3, 0.4) is 0 Å². The summed E-state index contributed by atoms with van der Waals surface area (Å²) in [7, 11) is -3.16. The van der Waals surface area contributed by atoms with Gasteiger partial charge in [0, 0.05) is 21.3 Å². The normalized spacial score (nSPS) is 11.9. The number of unbranched alkanes of at least 4 members (excludes halogenated alkanes) is 1. The topological polar surface area (TPSA) is 72.2 Å². The second-order valence-electron chi connectivity index (χ2n) is 3.37. The van der Waals surface area contributed by atoms with Crippen molar-refractivity contribution in [2.24, 2.45) is 5.73 Å². The number of thiophene rings is 1. The lowest BCUT2D eigenvalue weighted by Crippen LogP contribution is -2.25. The predicted molar refractivity (Wildman–Crippen MR) is 70.9 cm³/mol. The van der Waals surface area contributed by atoms with Crippen molar-refractivity contribution >= 4 is 37.3 Å². The average molecular weight is 327 g/mol. The highest BCUT2D eigenvalue weighted by atomic mass is 79.9. The summed E-state index contributed by atoms with van der Waals surface area (Å²) >= 11 is 4.85. The lowest BCUT2D eigenvalue weighted by molar-refractivity contribution is 0.577. The third kappa shape index (κ3) is 5.40. The van der Waals surface area contributed by atoms with Crippen LogP contribution in [0.15, 0.2) is 15.9 Å². The van der Waals surface area contributed by atoms with Crippen LogP contribution in [0.4, 0.5) is 0 Å². The maximum Gasteiger partial charge on any atom is 0.211 e. The highest BCUT2D eigenvalue weighted by molar-refractivity contribution is 9.10. The molecule has 1 aromatic rings. The number of nitrogens with one attached hydrogen (secondary N) is 1. The Kier molecular flexibility index (Phi) is 5.91. The van der Waals surface area contributed by atoms with Crippen molar-refractivity contribution in [3.8, 4) is 0 Å². The van der Waals surface area contributed by atoms with Gasteiger partial charge in [0.05, 0.1) is 5.75 Å². The molecule has 0 bridgehead atoms. The minimum atomic E-state index is -3.16. The average Bonchev–Trinajstić information content (AvgIpc) is 2.62. The van der Waals surface area contributed by atoms with Crippen LogP contribution in [0.5, 0.6) is 0 Å². The molecule has 0 aliphatic heterocycles. The summed E-state index contributed by atoms with van der Waals surface area (Å²) in [6, 6.07) is 1.91. The molecular formula is C9H15BrN2O2S2. The lowest BCUT2D eigenvalue weighted by Gasteiger charge is -2.04. The van der Waals surface area contributed by atoms with E-state index in [-0.39, 0.29) is 5.75 Å². The van der Waals surface area contributed by atoms with Crippen molar-refractivity contribution in [1.29, 1.82) is 0 Å². The number of hydrogen-bond donors (Lipinski definition) is 2. The van der Waals surface area contributed by atoms with Crippen LogP contribution in [0.25, 0.3) is 0 Å². The summed E-state index contributed by atoms with van der Waals surface area (Å²) in [5.74, 6) is 0.150. The minimum Gasteiger partial charge on any atom is -0.330 e. The summed E-state index contributed by atoms with van der Waals surface area (Å²) in [6.07, 6.45) is 1.35. The smallest absolute Gasteiger partial charge is 0.211 e. The van der Waals surface area contributed by atoms with Crippen molar-refractivity contribution in [1.82, 2.24) is 4.72 Å². The van der Waals surface area contributed by atoms with Gasteiger partial charge in [-0.3, -0.25) is 0 Å². The van der Waals surface area contributed by atoms with Crippen LogP contribution in [-0.2, 0) is 16.6 Å². The number of hydrogen-bond acceptors (Lipinski definition) is 4. The Morgan fingerprint density at radius 1 is 1.44 bits per heavy atom. The first-order valence-corrected chi connectivity index (χ1v) is 8.26. The van der Waals surface area contributed by atoms with Gasteiger partial charge >= 0.3 is 0 Å². The van der Waals surface area contributed by atoms with E-state index < -0.39 is 10.0 Å². The molecule has 0 unspecified atom stereocenters. The Morgan fingerprint density at radius 3 is 2.75 bits per heavy atom. The second-order valence-corrected chi connectivity index (χ2v) is 7.20. The highest BCUT2D eigenvalue weighted by Crippen LogP contribution is 2.19. The zero-order valence-corrected chi connectivity index (χ0v) is 12.0. The highest BCUT2D eigenvalue weighted by Gasteiger charge is 2.09. The van der Waals surface area contributed by atoms with E-state index in [0.29, 0.717) is 19.5 Å². The van der Waals surface area contributed by atoms with Crippen molar-refractivity contribution in [2.75, 3.05) is 12.3 Å². The summed E-state index contributed by atoms with van der Waals surface area (Å²) in [6.45, 7) is 0.897. The van der Waals surface area contributed by atoms with Gasteiger partial charge in [0.2, 0.25) is 10.0 Å². The van der Waals surface area contributed by atoms with Crippen LogP contribution < -0.4 is 10.5 Å². The SMILES string of the molecule is NCCCCS(=O)(=O)NCc1cc(Br)cs1. The molecule has 0 aromatic carbocycles. The molecule has 16 heavy (non-hydrogen) atoms. The summed E-state index contributed by atoms with van der Waals surface area (Å²) in [5, 5.41) is 1.93. The molecule has 0 fully saturated rings. The maximum atomic E-state index is 11.5. The van der Waals surface area contributed by atoms with Gasteiger partial charge in [-0.15, -0.1) is 11.3 Å². The van der Waals surface area contributed by atoms with Gasteiger partial charge in [-0.25, -0.2) is 13.1 Å². The van der Waals surface area contributed by atoms with Crippen molar-refractivity contribution in [3.05, 3.63) is 20.8 Å². The summed E-state index contributed by atoms with van der Waals surface area (Å²) in [4.78, 5) is 0.995. The quantitative estimate of drug-likeness (QED) is 0.748. The van der Waals surface area contributed by atoms with Gasteiger partial charge in [-0.1, -0.05) is 0 Å². The summed E-state index contributed by atoms with van der Waals surface area (Å²) in [5.41, 5.74) is 5.31. The lowest BCUT2D eigenvalue weighted by atomic mass is 10.3. The third-order valence-electron chi connectivity index (χ3n) is 1.96. The Hall–Kier alpha value is 0.0500. The fourth-order valence-electron chi connectivity index (χ4n) is 1.14. The fourth-order valence-corrected chi connectivity index (χ4v) is 3.72. The third-order valence-corrected chi connectivity index (χ3v) is 5.06. The monoisotopic (exact) mass is 326 g/mol. The van der Waals surface area contributed by atoms with Crippen LogP contribution >= 0.6 is 27.3 Å². The van der Waals surface area contributed by atoms with E-state index in [1.54, 1.807) is 0 Å². The second kappa shape index (κ2) is 6.70. The first kappa shape index (κ1) is 14.1. The molecule has 0 saturated carbocycles. The molecule has 1 heterocycles. The van der Waals surface area contributed by atoms with Crippen molar-refractivity contribution < 1.29 is 8.42 Å². The molecule has 0 amide bonds. The summed E-state index contributed by atoms with van der Waals surface area (Å²) < 4.78 is 26.6. The van der Waals surface area contributed by atoms with Gasteiger partial charge in [-0.2, -0.15) is 0 Å². The van der Waals surface area contributed by atoms with E-state index in [1.165, 1.54) is 11.3 Å². The molecular weight excluding hydrogens is 312 g/mol. The first-order valence-electron chi connectivity index (χ1n) is 4.94. The molecule has 0 spiro atoms. The Morgan fingerprint density at radius 2 is 2.19 bits per heavy atom. The molecule has 1 rings (SSSR count). The van der Waals surface area contributed by atoms with E-state index in [1.807, 2.05) is 11.4 Å². The molecule has 0 aliphatic rings. The maximum absolute atomic E-state index is 11.5. The van der Waals surface area contributed by atoms with Crippen LogP contribution in [0, 0.1) is 0 Å². The van der Waals surface area contributed by atoms with Crippen molar-refractivity contribution in [2.45, 2.75) is 19.4 Å². The fraction of sp³-hybridized carbons (Fsp3) is 0.556. The zero-order valence-electron chi connectivity index (χ0n) is 8.78.